The van der Waals surface area contributed by atoms with Gasteiger partial charge >= 0.3 is 0 Å². The number of benzene rings is 2. The van der Waals surface area contributed by atoms with Crippen LogP contribution in [0.4, 0.5) is 0 Å². The zero-order valence-electron chi connectivity index (χ0n) is 9.26. The molecule has 0 saturated heterocycles. The molecule has 0 saturated carbocycles. The Balaban J connectivity index is 2.13. The fourth-order valence-electron chi connectivity index (χ4n) is 1.93. The van der Waals surface area contributed by atoms with Crippen LogP contribution in [-0.4, -0.2) is 0 Å². The molecule has 1 heteroatoms. The quantitative estimate of drug-likeness (QED) is 0.593. The lowest BCUT2D eigenvalue weighted by molar-refractivity contribution is 1.63. The monoisotopic (exact) mass is 235 g/mol. The summed E-state index contributed by atoms with van der Waals surface area (Å²) in [6.07, 6.45) is 0. The Morgan fingerprint density at radius 3 is 1.94 bits per heavy atom. The van der Waals surface area contributed by atoms with Crippen LogP contribution in [0.5, 0.6) is 0 Å². The highest BCUT2D eigenvalue weighted by Gasteiger charge is 2.07. The van der Waals surface area contributed by atoms with Gasteiger partial charge in [0.25, 0.3) is 0 Å². The number of hydrogen-bond donors (Lipinski definition) is 0. The average Bonchev–Trinajstić information content (AvgIpc) is 2.90. The molecule has 0 nitrogen and oxygen atoms in total. The Bertz CT molecular complexity index is 540. The molecule has 17 heavy (non-hydrogen) atoms. The second-order valence-electron chi connectivity index (χ2n) is 3.85. The molecule has 0 unspecified atom stereocenters. The Kier molecular flexibility index (Phi) is 2.76. The van der Waals surface area contributed by atoms with Crippen molar-refractivity contribution in [1.82, 2.24) is 0 Å². The summed E-state index contributed by atoms with van der Waals surface area (Å²) in [5, 5.41) is 4.42. The summed E-state index contributed by atoms with van der Waals surface area (Å²) in [6, 6.07) is 21.7. The van der Waals surface area contributed by atoms with E-state index in [1.807, 2.05) is 18.2 Å². The van der Waals surface area contributed by atoms with Gasteiger partial charge in [0.15, 0.2) is 0 Å². The lowest BCUT2D eigenvalue weighted by Crippen LogP contribution is -1.79. The summed E-state index contributed by atoms with van der Waals surface area (Å²) in [5.74, 6) is 0. The van der Waals surface area contributed by atoms with Crippen LogP contribution in [-0.2, 0) is 0 Å². The van der Waals surface area contributed by atoms with Gasteiger partial charge in [0.1, 0.15) is 0 Å². The first-order chi connectivity index (χ1) is 8.45. The van der Waals surface area contributed by atoms with Crippen molar-refractivity contribution < 1.29 is 0 Å². The molecule has 0 aliphatic rings. The summed E-state index contributed by atoms with van der Waals surface area (Å²) in [6.45, 7) is 0. The first-order valence-corrected chi connectivity index (χ1v) is 6.47. The maximum absolute atomic E-state index is 3.06. The summed E-state index contributed by atoms with van der Waals surface area (Å²) in [5.41, 5.74) is 5.14. The standard InChI is InChI=1S/C16H11S/c1-3-7-13(8-4-1)15-11-17-12-16(15)14-9-5-2-6-10-14/h1,3-12H. The normalized spacial score (nSPS) is 10.4. The van der Waals surface area contributed by atoms with Gasteiger partial charge in [-0.2, -0.15) is 11.3 Å². The SMILES string of the molecule is [c]1ccc(-c2cscc2-c2ccccc2)cc1. The first-order valence-electron chi connectivity index (χ1n) is 5.53. The molecular formula is C16H11S. The minimum atomic E-state index is 1.25. The van der Waals surface area contributed by atoms with Crippen molar-refractivity contribution in [3.63, 3.8) is 0 Å². The lowest BCUT2D eigenvalue weighted by atomic mass is 9.99. The Hall–Kier alpha value is -1.86. The summed E-state index contributed by atoms with van der Waals surface area (Å²) < 4.78 is 0. The smallest absolute Gasteiger partial charge is 0.000185 e. The highest BCUT2D eigenvalue weighted by Crippen LogP contribution is 2.34. The van der Waals surface area contributed by atoms with E-state index >= 15 is 0 Å². The Morgan fingerprint density at radius 2 is 1.29 bits per heavy atom. The third-order valence-electron chi connectivity index (χ3n) is 2.78. The van der Waals surface area contributed by atoms with Crippen molar-refractivity contribution in [1.29, 1.82) is 0 Å². The maximum atomic E-state index is 3.06. The van der Waals surface area contributed by atoms with Crippen LogP contribution < -0.4 is 0 Å². The van der Waals surface area contributed by atoms with E-state index in [2.05, 4.69) is 53.2 Å². The van der Waals surface area contributed by atoms with E-state index in [4.69, 9.17) is 0 Å². The van der Waals surface area contributed by atoms with Crippen molar-refractivity contribution in [2.45, 2.75) is 0 Å². The number of hydrogen-bond acceptors (Lipinski definition) is 1. The molecule has 0 amide bonds. The van der Waals surface area contributed by atoms with E-state index in [9.17, 15) is 0 Å². The Morgan fingerprint density at radius 1 is 0.706 bits per heavy atom. The molecule has 2 aromatic carbocycles. The van der Waals surface area contributed by atoms with E-state index in [-0.39, 0.29) is 0 Å². The van der Waals surface area contributed by atoms with Crippen LogP contribution in [0.2, 0.25) is 0 Å². The van der Waals surface area contributed by atoms with Crippen molar-refractivity contribution in [2.24, 2.45) is 0 Å². The molecule has 0 fully saturated rings. The average molecular weight is 235 g/mol. The molecule has 3 rings (SSSR count). The van der Waals surface area contributed by atoms with Crippen molar-refractivity contribution in [2.75, 3.05) is 0 Å². The zero-order valence-corrected chi connectivity index (χ0v) is 10.1. The van der Waals surface area contributed by atoms with E-state index in [1.54, 1.807) is 11.3 Å². The topological polar surface area (TPSA) is 0 Å². The second-order valence-corrected chi connectivity index (χ2v) is 4.60. The minimum Gasteiger partial charge on any atom is -0.151 e. The molecule has 3 aromatic rings. The predicted octanol–water partition coefficient (Wildman–Crippen LogP) is 4.88. The highest BCUT2D eigenvalue weighted by atomic mass is 32.1. The summed E-state index contributed by atoms with van der Waals surface area (Å²) in [4.78, 5) is 0. The van der Waals surface area contributed by atoms with Gasteiger partial charge < -0.3 is 0 Å². The van der Waals surface area contributed by atoms with Gasteiger partial charge in [-0.15, -0.1) is 0 Å². The van der Waals surface area contributed by atoms with Gasteiger partial charge in [-0.05, 0) is 28.0 Å². The van der Waals surface area contributed by atoms with Gasteiger partial charge in [0.2, 0.25) is 0 Å². The maximum Gasteiger partial charge on any atom is 0.000185 e. The van der Waals surface area contributed by atoms with Gasteiger partial charge in [-0.3, -0.25) is 0 Å². The third kappa shape index (κ3) is 2.02. The molecule has 1 radical (unpaired) electrons. The predicted molar refractivity (Wildman–Crippen MR) is 74.0 cm³/mol. The van der Waals surface area contributed by atoms with Crippen molar-refractivity contribution >= 4 is 11.3 Å². The van der Waals surface area contributed by atoms with Crippen LogP contribution in [0.1, 0.15) is 0 Å². The van der Waals surface area contributed by atoms with Gasteiger partial charge in [-0.1, -0.05) is 54.6 Å². The Labute approximate surface area is 105 Å². The number of thiophene rings is 1. The van der Waals surface area contributed by atoms with Crippen LogP contribution >= 0.6 is 11.3 Å². The van der Waals surface area contributed by atoms with E-state index in [0.29, 0.717) is 0 Å². The lowest BCUT2D eigenvalue weighted by Gasteiger charge is -2.04. The summed E-state index contributed by atoms with van der Waals surface area (Å²) in [7, 11) is 0. The molecule has 81 valence electrons. The molecule has 0 bridgehead atoms. The van der Waals surface area contributed by atoms with Gasteiger partial charge in [-0.25, -0.2) is 0 Å². The molecule has 1 aromatic heterocycles. The zero-order chi connectivity index (χ0) is 11.5. The first kappa shape index (κ1) is 10.3. The fourth-order valence-corrected chi connectivity index (χ4v) is 2.79. The largest absolute Gasteiger partial charge is 0.151 e. The minimum absolute atomic E-state index is 1.25. The summed E-state index contributed by atoms with van der Waals surface area (Å²) >= 11 is 1.75. The molecule has 0 aliphatic heterocycles. The van der Waals surface area contributed by atoms with E-state index in [0.717, 1.165) is 0 Å². The van der Waals surface area contributed by atoms with E-state index in [1.165, 1.54) is 22.3 Å². The van der Waals surface area contributed by atoms with Gasteiger partial charge in [0.05, 0.1) is 0 Å². The molecule has 0 atom stereocenters. The van der Waals surface area contributed by atoms with Crippen molar-refractivity contribution in [3.05, 3.63) is 71.4 Å². The van der Waals surface area contributed by atoms with Crippen LogP contribution in [0, 0.1) is 6.07 Å². The molecule has 0 N–H and O–H groups in total. The molecular weight excluding hydrogens is 224 g/mol. The molecule has 0 spiro atoms. The van der Waals surface area contributed by atoms with Crippen LogP contribution in [0.3, 0.4) is 0 Å². The molecule has 1 heterocycles. The fraction of sp³-hybridized carbons (Fsp3) is 0. The second kappa shape index (κ2) is 4.56. The van der Waals surface area contributed by atoms with Gasteiger partial charge in [0, 0.05) is 11.1 Å². The highest BCUT2D eigenvalue weighted by molar-refractivity contribution is 7.08. The van der Waals surface area contributed by atoms with Crippen molar-refractivity contribution in [3.8, 4) is 22.3 Å². The number of rotatable bonds is 2. The van der Waals surface area contributed by atoms with Crippen LogP contribution in [0.15, 0.2) is 65.4 Å². The third-order valence-corrected chi connectivity index (χ3v) is 3.52. The van der Waals surface area contributed by atoms with Crippen LogP contribution in [0.25, 0.3) is 22.3 Å². The molecule has 0 aliphatic carbocycles. The van der Waals surface area contributed by atoms with E-state index < -0.39 is 0 Å².